The first-order valence-electron chi connectivity index (χ1n) is 4.42. The lowest BCUT2D eigenvalue weighted by molar-refractivity contribution is 0.520. The fourth-order valence-corrected chi connectivity index (χ4v) is 2.04. The second-order valence-corrected chi connectivity index (χ2v) is 4.53. The smallest absolute Gasteiger partial charge is 0.297 e. The summed E-state index contributed by atoms with van der Waals surface area (Å²) in [5.41, 5.74) is 0. The lowest BCUT2D eigenvalue weighted by Crippen LogP contribution is -2.08. The standard InChI is InChI=1S/C7H10FN3O2S/c1-2-6-9-10-7(14(8,12)13)11(6)5-3-4-5/h5H,2-4H2,1H3. The highest BCUT2D eigenvalue weighted by molar-refractivity contribution is 7.86. The average Bonchev–Trinajstić information content (AvgIpc) is 2.82. The van der Waals surface area contributed by atoms with Gasteiger partial charge in [0.1, 0.15) is 5.82 Å². The number of hydrogen-bond acceptors (Lipinski definition) is 4. The maximum absolute atomic E-state index is 12.8. The van der Waals surface area contributed by atoms with E-state index in [0.29, 0.717) is 12.2 Å². The second kappa shape index (κ2) is 3.01. The topological polar surface area (TPSA) is 64.8 Å². The van der Waals surface area contributed by atoms with E-state index < -0.39 is 15.4 Å². The molecule has 1 saturated carbocycles. The first kappa shape index (κ1) is 9.57. The van der Waals surface area contributed by atoms with Crippen molar-refractivity contribution in [3.63, 3.8) is 0 Å². The largest absolute Gasteiger partial charge is 0.368 e. The average molecular weight is 219 g/mol. The summed E-state index contributed by atoms with van der Waals surface area (Å²) in [6.07, 6.45) is 2.29. The molecule has 14 heavy (non-hydrogen) atoms. The Labute approximate surface area is 81.2 Å². The van der Waals surface area contributed by atoms with Crippen LogP contribution < -0.4 is 0 Å². The van der Waals surface area contributed by atoms with Gasteiger partial charge in [-0.2, -0.15) is 8.42 Å². The Balaban J connectivity index is 2.55. The van der Waals surface area contributed by atoms with Gasteiger partial charge in [-0.15, -0.1) is 10.2 Å². The number of rotatable bonds is 3. The van der Waals surface area contributed by atoms with Gasteiger partial charge < -0.3 is 0 Å². The van der Waals surface area contributed by atoms with Crippen LogP contribution in [0.3, 0.4) is 0 Å². The summed E-state index contributed by atoms with van der Waals surface area (Å²) >= 11 is 0. The van der Waals surface area contributed by atoms with Crippen molar-refractivity contribution in [2.75, 3.05) is 0 Å². The van der Waals surface area contributed by atoms with E-state index in [1.165, 1.54) is 4.57 Å². The molecular formula is C7H10FN3O2S. The molecule has 1 aromatic heterocycles. The Kier molecular flexibility index (Phi) is 2.06. The number of nitrogens with zero attached hydrogens (tertiary/aromatic N) is 3. The highest BCUT2D eigenvalue weighted by Crippen LogP contribution is 2.37. The normalized spacial score (nSPS) is 17.3. The molecule has 0 spiro atoms. The second-order valence-electron chi connectivity index (χ2n) is 3.29. The van der Waals surface area contributed by atoms with Crippen molar-refractivity contribution in [2.45, 2.75) is 37.4 Å². The van der Waals surface area contributed by atoms with Crippen LogP contribution in [-0.4, -0.2) is 23.2 Å². The van der Waals surface area contributed by atoms with Crippen LogP contribution in [0, 0.1) is 0 Å². The molecule has 0 bridgehead atoms. The van der Waals surface area contributed by atoms with Gasteiger partial charge in [0.2, 0.25) is 0 Å². The van der Waals surface area contributed by atoms with Gasteiger partial charge in [-0.05, 0) is 12.8 Å². The van der Waals surface area contributed by atoms with Crippen LogP contribution in [0.2, 0.25) is 0 Å². The van der Waals surface area contributed by atoms with Crippen molar-refractivity contribution in [3.05, 3.63) is 5.82 Å². The van der Waals surface area contributed by atoms with Crippen LogP contribution in [0.1, 0.15) is 31.6 Å². The third-order valence-corrected chi connectivity index (χ3v) is 2.90. The van der Waals surface area contributed by atoms with Crippen molar-refractivity contribution >= 4 is 10.2 Å². The Bertz CT molecular complexity index is 450. The van der Waals surface area contributed by atoms with Gasteiger partial charge in [0.25, 0.3) is 5.16 Å². The van der Waals surface area contributed by atoms with Crippen molar-refractivity contribution in [3.8, 4) is 0 Å². The molecule has 0 atom stereocenters. The Morgan fingerprint density at radius 3 is 2.57 bits per heavy atom. The van der Waals surface area contributed by atoms with Crippen LogP contribution in [-0.2, 0) is 16.6 Å². The molecule has 1 aromatic rings. The van der Waals surface area contributed by atoms with E-state index >= 15 is 0 Å². The summed E-state index contributed by atoms with van der Waals surface area (Å²) in [4.78, 5) is 0. The predicted octanol–water partition coefficient (Wildman–Crippen LogP) is 0.834. The number of aromatic nitrogens is 3. The van der Waals surface area contributed by atoms with Crippen LogP contribution in [0.5, 0.6) is 0 Å². The monoisotopic (exact) mass is 219 g/mol. The molecule has 7 heteroatoms. The minimum atomic E-state index is -4.74. The van der Waals surface area contributed by atoms with Crippen molar-refractivity contribution in [2.24, 2.45) is 0 Å². The molecule has 0 amide bonds. The third-order valence-electron chi connectivity index (χ3n) is 2.18. The minimum Gasteiger partial charge on any atom is -0.297 e. The summed E-state index contributed by atoms with van der Waals surface area (Å²) in [5, 5.41) is 6.48. The van der Waals surface area contributed by atoms with Gasteiger partial charge in [-0.3, -0.25) is 4.57 Å². The Hall–Kier alpha value is -0.980. The summed E-state index contributed by atoms with van der Waals surface area (Å²) in [7, 11) is -4.74. The van der Waals surface area contributed by atoms with E-state index in [9.17, 15) is 12.3 Å². The quantitative estimate of drug-likeness (QED) is 0.706. The maximum Gasteiger partial charge on any atom is 0.368 e. The third kappa shape index (κ3) is 1.52. The van der Waals surface area contributed by atoms with Crippen LogP contribution >= 0.6 is 0 Å². The van der Waals surface area contributed by atoms with Gasteiger partial charge in [0.05, 0.1) is 0 Å². The van der Waals surface area contributed by atoms with E-state index in [0.717, 1.165) is 12.8 Å². The molecule has 0 aromatic carbocycles. The zero-order valence-electron chi connectivity index (χ0n) is 7.64. The van der Waals surface area contributed by atoms with Crippen LogP contribution in [0.4, 0.5) is 3.89 Å². The van der Waals surface area contributed by atoms with Crippen molar-refractivity contribution in [1.29, 1.82) is 0 Å². The van der Waals surface area contributed by atoms with Crippen LogP contribution in [0.25, 0.3) is 0 Å². The summed E-state index contributed by atoms with van der Waals surface area (Å²) in [6, 6.07) is 0.0699. The van der Waals surface area contributed by atoms with Gasteiger partial charge >= 0.3 is 10.2 Å². The highest BCUT2D eigenvalue weighted by atomic mass is 32.3. The Morgan fingerprint density at radius 1 is 1.50 bits per heavy atom. The van der Waals surface area contributed by atoms with Crippen LogP contribution in [0.15, 0.2) is 5.16 Å². The van der Waals surface area contributed by atoms with Gasteiger partial charge in [0, 0.05) is 12.5 Å². The molecular weight excluding hydrogens is 209 g/mol. The number of aryl methyl sites for hydroxylation is 1. The van der Waals surface area contributed by atoms with E-state index in [1.54, 1.807) is 0 Å². The van der Waals surface area contributed by atoms with E-state index in [1.807, 2.05) is 6.92 Å². The molecule has 0 aliphatic heterocycles. The predicted molar refractivity (Wildman–Crippen MR) is 46.0 cm³/mol. The molecule has 1 fully saturated rings. The summed E-state index contributed by atoms with van der Waals surface area (Å²) < 4.78 is 35.6. The zero-order valence-corrected chi connectivity index (χ0v) is 8.46. The fraction of sp³-hybridized carbons (Fsp3) is 0.714. The highest BCUT2D eigenvalue weighted by Gasteiger charge is 2.33. The lowest BCUT2D eigenvalue weighted by atomic mass is 10.4. The first-order valence-corrected chi connectivity index (χ1v) is 5.81. The molecule has 0 radical (unpaired) electrons. The Morgan fingerprint density at radius 2 is 2.14 bits per heavy atom. The zero-order chi connectivity index (χ0) is 10.3. The first-order chi connectivity index (χ1) is 6.54. The van der Waals surface area contributed by atoms with Gasteiger partial charge in [0.15, 0.2) is 0 Å². The molecule has 0 saturated heterocycles. The summed E-state index contributed by atoms with van der Waals surface area (Å²) in [6.45, 7) is 1.83. The van der Waals surface area contributed by atoms with E-state index in [2.05, 4.69) is 10.2 Å². The van der Waals surface area contributed by atoms with Gasteiger partial charge in [-0.25, -0.2) is 0 Å². The molecule has 1 aliphatic carbocycles. The minimum absolute atomic E-state index is 0.0699. The molecule has 2 rings (SSSR count). The molecule has 78 valence electrons. The lowest BCUT2D eigenvalue weighted by Gasteiger charge is -2.03. The number of halogens is 1. The maximum atomic E-state index is 12.8. The van der Waals surface area contributed by atoms with E-state index in [-0.39, 0.29) is 6.04 Å². The molecule has 0 N–H and O–H groups in total. The van der Waals surface area contributed by atoms with Crippen molar-refractivity contribution < 1.29 is 12.3 Å². The molecule has 5 nitrogen and oxygen atoms in total. The van der Waals surface area contributed by atoms with Gasteiger partial charge in [-0.1, -0.05) is 10.8 Å². The summed E-state index contributed by atoms with van der Waals surface area (Å²) in [5.74, 6) is 0.531. The molecule has 1 heterocycles. The number of hydrogen-bond donors (Lipinski definition) is 0. The molecule has 0 unspecified atom stereocenters. The molecule has 1 aliphatic rings. The van der Waals surface area contributed by atoms with Crippen molar-refractivity contribution in [1.82, 2.24) is 14.8 Å². The fourth-order valence-electron chi connectivity index (χ4n) is 1.41. The van der Waals surface area contributed by atoms with E-state index in [4.69, 9.17) is 0 Å². The SMILES string of the molecule is CCc1nnc(S(=O)(=O)F)n1C1CC1.